The molecule has 120 valence electrons. The van der Waals surface area contributed by atoms with E-state index in [0.29, 0.717) is 16.7 Å². The maximum absolute atomic E-state index is 11.7. The Hall–Kier alpha value is -1.56. The van der Waals surface area contributed by atoms with E-state index in [0.717, 1.165) is 25.9 Å². The molecule has 0 amide bonds. The van der Waals surface area contributed by atoms with Crippen molar-refractivity contribution in [3.05, 3.63) is 29.3 Å². The molecule has 0 radical (unpaired) electrons. The maximum atomic E-state index is 11.7. The van der Waals surface area contributed by atoms with Crippen LogP contribution in [0.2, 0.25) is 0 Å². The van der Waals surface area contributed by atoms with Gasteiger partial charge in [0.2, 0.25) is 0 Å². The van der Waals surface area contributed by atoms with Crippen LogP contribution in [-0.2, 0) is 15.6 Å². The monoisotopic (exact) mass is 323 g/mol. The number of nitrogens with zero attached hydrogens (tertiary/aromatic N) is 1. The number of sulfone groups is 1. The lowest BCUT2D eigenvalue weighted by Crippen LogP contribution is -2.36. The van der Waals surface area contributed by atoms with E-state index in [4.69, 9.17) is 0 Å². The number of aromatic carboxylic acids is 1. The Morgan fingerprint density at radius 1 is 1.23 bits per heavy atom. The number of hydrogen-bond donors (Lipinski definition) is 1. The van der Waals surface area contributed by atoms with Gasteiger partial charge in [0.15, 0.2) is 9.84 Å². The fourth-order valence-electron chi connectivity index (χ4n) is 3.42. The summed E-state index contributed by atoms with van der Waals surface area (Å²) in [5.74, 6) is -1.12. The number of hydrogen-bond acceptors (Lipinski definition) is 4. The van der Waals surface area contributed by atoms with Gasteiger partial charge in [-0.05, 0) is 42.7 Å². The van der Waals surface area contributed by atoms with Gasteiger partial charge < -0.3 is 10.0 Å². The molecule has 1 N–H and O–H groups in total. The summed E-state index contributed by atoms with van der Waals surface area (Å²) in [7, 11) is -3.21. The summed E-state index contributed by atoms with van der Waals surface area (Å²) in [5.41, 5.74) is 1.88. The van der Waals surface area contributed by atoms with Gasteiger partial charge in [0.1, 0.15) is 0 Å². The Kier molecular flexibility index (Phi) is 3.67. The van der Waals surface area contributed by atoms with E-state index >= 15 is 0 Å². The van der Waals surface area contributed by atoms with Crippen LogP contribution in [0.15, 0.2) is 18.2 Å². The Morgan fingerprint density at radius 3 is 2.36 bits per heavy atom. The molecule has 1 heterocycles. The van der Waals surface area contributed by atoms with E-state index in [9.17, 15) is 18.3 Å². The Morgan fingerprint density at radius 2 is 1.86 bits per heavy atom. The molecule has 1 aliphatic heterocycles. The number of carboxylic acid groups (broad SMARTS) is 1. The van der Waals surface area contributed by atoms with Gasteiger partial charge in [-0.25, -0.2) is 13.2 Å². The van der Waals surface area contributed by atoms with Crippen LogP contribution in [0.4, 0.5) is 5.69 Å². The average molecular weight is 323 g/mol. The molecule has 0 aromatic heterocycles. The van der Waals surface area contributed by atoms with Crippen LogP contribution in [-0.4, -0.2) is 38.8 Å². The third-order valence-electron chi connectivity index (χ3n) is 4.87. The normalized spacial score (nSPS) is 20.1. The molecule has 0 atom stereocenters. The van der Waals surface area contributed by atoms with Crippen molar-refractivity contribution in [1.82, 2.24) is 0 Å². The molecular formula is C16H21NO4S. The van der Waals surface area contributed by atoms with Gasteiger partial charge >= 0.3 is 5.97 Å². The quantitative estimate of drug-likeness (QED) is 0.920. The van der Waals surface area contributed by atoms with Crippen LogP contribution >= 0.6 is 0 Å². The van der Waals surface area contributed by atoms with Gasteiger partial charge in [0.05, 0.1) is 17.0 Å². The fourth-order valence-corrected chi connectivity index (χ4v) is 4.22. The van der Waals surface area contributed by atoms with Crippen LogP contribution in [0, 0.1) is 5.41 Å². The summed E-state index contributed by atoms with van der Waals surface area (Å²) >= 11 is 0. The molecule has 2 aliphatic rings. The highest BCUT2D eigenvalue weighted by atomic mass is 32.2. The van der Waals surface area contributed by atoms with Gasteiger partial charge in [0.25, 0.3) is 0 Å². The highest BCUT2D eigenvalue weighted by molar-refractivity contribution is 7.89. The van der Waals surface area contributed by atoms with Crippen LogP contribution in [0.5, 0.6) is 0 Å². The lowest BCUT2D eigenvalue weighted by molar-refractivity contribution is 0.0697. The third-order valence-corrected chi connectivity index (χ3v) is 5.70. The van der Waals surface area contributed by atoms with Crippen LogP contribution in [0.1, 0.15) is 41.6 Å². The van der Waals surface area contributed by atoms with Gasteiger partial charge in [-0.15, -0.1) is 0 Å². The Bertz CT molecular complexity index is 697. The molecule has 0 bridgehead atoms. The van der Waals surface area contributed by atoms with E-state index in [1.54, 1.807) is 18.2 Å². The van der Waals surface area contributed by atoms with E-state index < -0.39 is 15.8 Å². The van der Waals surface area contributed by atoms with E-state index in [-0.39, 0.29) is 11.3 Å². The maximum Gasteiger partial charge on any atom is 0.337 e. The number of rotatable bonds is 4. The first-order chi connectivity index (χ1) is 10.3. The summed E-state index contributed by atoms with van der Waals surface area (Å²) in [6.07, 6.45) is 5.87. The van der Waals surface area contributed by atoms with Crippen molar-refractivity contribution >= 4 is 21.5 Å². The van der Waals surface area contributed by atoms with Crippen LogP contribution in [0.3, 0.4) is 0 Å². The fraction of sp³-hybridized carbons (Fsp3) is 0.562. The second-order valence-corrected chi connectivity index (χ2v) is 8.82. The average Bonchev–Trinajstić information content (AvgIpc) is 3.17. The molecular weight excluding hydrogens is 302 g/mol. The van der Waals surface area contributed by atoms with Crippen molar-refractivity contribution in [3.8, 4) is 0 Å². The summed E-state index contributed by atoms with van der Waals surface area (Å²) < 4.78 is 23.3. The molecule has 1 aromatic rings. The van der Waals surface area contributed by atoms with Gasteiger partial charge in [-0.2, -0.15) is 0 Å². The van der Waals surface area contributed by atoms with Crippen molar-refractivity contribution in [3.63, 3.8) is 0 Å². The second-order valence-electron chi connectivity index (χ2n) is 6.68. The predicted octanol–water partition coefficient (Wildman–Crippen LogP) is 2.31. The molecule has 1 spiro atoms. The standard InChI is InChI=1S/C16H21NO4S/c1-22(20,21)11-12-3-2-4-13(15(18)19)14(12)17-9-7-16(5-6-16)8-10-17/h2-4H,5-11H2,1H3,(H,18,19). The smallest absolute Gasteiger partial charge is 0.337 e. The van der Waals surface area contributed by atoms with Crippen molar-refractivity contribution in [2.45, 2.75) is 31.4 Å². The highest BCUT2D eigenvalue weighted by Gasteiger charge is 2.44. The molecule has 3 rings (SSSR count). The lowest BCUT2D eigenvalue weighted by Gasteiger charge is -2.35. The second kappa shape index (κ2) is 5.26. The SMILES string of the molecule is CS(=O)(=O)Cc1cccc(C(=O)O)c1N1CCC2(CC1)CC2. The molecule has 6 heteroatoms. The summed E-state index contributed by atoms with van der Waals surface area (Å²) in [6, 6.07) is 4.91. The summed E-state index contributed by atoms with van der Waals surface area (Å²) in [5, 5.41) is 9.46. The van der Waals surface area contributed by atoms with Gasteiger partial charge in [-0.1, -0.05) is 12.1 Å². The topological polar surface area (TPSA) is 74.7 Å². The molecule has 1 aliphatic carbocycles. The molecule has 1 aromatic carbocycles. The number of carboxylic acids is 1. The third kappa shape index (κ3) is 3.11. The molecule has 22 heavy (non-hydrogen) atoms. The zero-order chi connectivity index (χ0) is 16.0. The molecule has 2 fully saturated rings. The molecule has 1 saturated heterocycles. The van der Waals surface area contributed by atoms with Gasteiger partial charge in [0, 0.05) is 19.3 Å². The van der Waals surface area contributed by atoms with Crippen LogP contribution in [0.25, 0.3) is 0 Å². The van der Waals surface area contributed by atoms with Crippen molar-refractivity contribution in [1.29, 1.82) is 0 Å². The molecule has 1 saturated carbocycles. The van der Waals surface area contributed by atoms with Crippen molar-refractivity contribution in [2.75, 3.05) is 24.2 Å². The number of anilines is 1. The minimum atomic E-state index is -3.21. The Balaban J connectivity index is 1.97. The minimum Gasteiger partial charge on any atom is -0.478 e. The Labute approximate surface area is 130 Å². The zero-order valence-electron chi connectivity index (χ0n) is 12.7. The summed E-state index contributed by atoms with van der Waals surface area (Å²) in [4.78, 5) is 13.6. The van der Waals surface area contributed by atoms with Crippen molar-refractivity contribution in [2.24, 2.45) is 5.41 Å². The number of carbonyl (C=O) groups is 1. The minimum absolute atomic E-state index is 0.120. The van der Waals surface area contributed by atoms with E-state index in [1.807, 2.05) is 0 Å². The van der Waals surface area contributed by atoms with Gasteiger partial charge in [-0.3, -0.25) is 0 Å². The summed E-state index contributed by atoms with van der Waals surface area (Å²) in [6.45, 7) is 1.61. The number of benzene rings is 1. The molecule has 0 unspecified atom stereocenters. The first kappa shape index (κ1) is 15.3. The van der Waals surface area contributed by atoms with Crippen molar-refractivity contribution < 1.29 is 18.3 Å². The van der Waals surface area contributed by atoms with Crippen LogP contribution < -0.4 is 4.90 Å². The highest BCUT2D eigenvalue weighted by Crippen LogP contribution is 2.54. The number of para-hydroxylation sites is 1. The predicted molar refractivity (Wildman–Crippen MR) is 85.1 cm³/mol. The zero-order valence-corrected chi connectivity index (χ0v) is 13.5. The molecule has 5 nitrogen and oxygen atoms in total. The largest absolute Gasteiger partial charge is 0.478 e. The van der Waals surface area contributed by atoms with E-state index in [1.165, 1.54) is 19.1 Å². The lowest BCUT2D eigenvalue weighted by atomic mass is 9.92. The van der Waals surface area contributed by atoms with E-state index in [2.05, 4.69) is 4.90 Å². The first-order valence-electron chi connectivity index (χ1n) is 7.58. The number of piperidine rings is 1. The first-order valence-corrected chi connectivity index (χ1v) is 9.64.